The van der Waals surface area contributed by atoms with Crippen molar-refractivity contribution < 1.29 is 0 Å². The number of rotatable bonds is 1. The molecular weight excluding hydrogens is 214 g/mol. The normalized spacial score (nSPS) is 11.6. The monoisotopic (exact) mass is 229 g/mol. The Morgan fingerprint density at radius 1 is 1.41 bits per heavy atom. The average Bonchev–Trinajstić information content (AvgIpc) is 2.59. The number of nitrogens with two attached hydrogens (primary N) is 1. The number of hydrogen-bond acceptors (Lipinski definition) is 4. The summed E-state index contributed by atoms with van der Waals surface area (Å²) >= 11 is 0. The van der Waals surface area contributed by atoms with Crippen LogP contribution in [0.25, 0.3) is 11.0 Å². The fourth-order valence-electron chi connectivity index (χ4n) is 1.61. The molecule has 0 radical (unpaired) electrons. The molecule has 2 heterocycles. The molecule has 0 unspecified atom stereocenters. The molecule has 0 aliphatic heterocycles. The van der Waals surface area contributed by atoms with E-state index in [1.54, 1.807) is 6.20 Å². The summed E-state index contributed by atoms with van der Waals surface area (Å²) in [7, 11) is 0. The van der Waals surface area contributed by atoms with E-state index in [1.165, 1.54) is 0 Å². The molecule has 5 nitrogen and oxygen atoms in total. The molecule has 2 N–H and O–H groups in total. The highest BCUT2D eigenvalue weighted by Crippen LogP contribution is 2.21. The van der Waals surface area contributed by atoms with Crippen molar-refractivity contribution >= 4 is 16.9 Å². The minimum atomic E-state index is 0.106. The zero-order chi connectivity index (χ0) is 12.6. The van der Waals surface area contributed by atoms with Crippen LogP contribution in [-0.2, 0) is 6.54 Å². The fraction of sp³-hybridized carbons (Fsp3) is 0.417. The highest BCUT2D eigenvalue weighted by atomic mass is 15.3. The molecule has 0 aliphatic rings. The van der Waals surface area contributed by atoms with E-state index >= 15 is 0 Å². The Bertz CT molecular complexity index is 598. The van der Waals surface area contributed by atoms with Crippen LogP contribution in [0.1, 0.15) is 26.6 Å². The molecule has 2 aromatic heterocycles. The van der Waals surface area contributed by atoms with Crippen LogP contribution in [0.15, 0.2) is 6.20 Å². The summed E-state index contributed by atoms with van der Waals surface area (Å²) in [4.78, 5) is 8.28. The van der Waals surface area contributed by atoms with Gasteiger partial charge in [-0.2, -0.15) is 5.10 Å². The smallest absolute Gasteiger partial charge is 0.208 e. The first-order chi connectivity index (χ1) is 7.90. The lowest BCUT2D eigenvalue weighted by atomic mass is 9.97. The zero-order valence-electron chi connectivity index (χ0n) is 10.2. The van der Waals surface area contributed by atoms with E-state index < -0.39 is 0 Å². The minimum Gasteiger partial charge on any atom is -0.383 e. The molecule has 0 saturated heterocycles. The van der Waals surface area contributed by atoms with Crippen molar-refractivity contribution in [1.82, 2.24) is 19.7 Å². The standard InChI is InChI=1S/C12H15N5/c1-5-9-15-10(13)8-6-14-17(11(8)16-9)7-12(2,3)4/h1,6H,7H2,2-4H3,(H2,13,15,16). The van der Waals surface area contributed by atoms with Crippen LogP contribution in [0.5, 0.6) is 0 Å². The average molecular weight is 229 g/mol. The van der Waals surface area contributed by atoms with Gasteiger partial charge in [-0.25, -0.2) is 14.6 Å². The van der Waals surface area contributed by atoms with Gasteiger partial charge in [-0.1, -0.05) is 20.8 Å². The van der Waals surface area contributed by atoms with E-state index in [0.29, 0.717) is 17.3 Å². The van der Waals surface area contributed by atoms with E-state index in [-0.39, 0.29) is 5.41 Å². The van der Waals surface area contributed by atoms with Crippen molar-refractivity contribution in [3.8, 4) is 12.3 Å². The number of anilines is 1. The minimum absolute atomic E-state index is 0.106. The van der Waals surface area contributed by atoms with E-state index in [9.17, 15) is 0 Å². The van der Waals surface area contributed by atoms with Gasteiger partial charge in [-0.3, -0.25) is 0 Å². The Morgan fingerprint density at radius 2 is 2.12 bits per heavy atom. The van der Waals surface area contributed by atoms with Crippen molar-refractivity contribution in [3.63, 3.8) is 0 Å². The Labute approximate surface area is 100 Å². The zero-order valence-corrected chi connectivity index (χ0v) is 10.2. The fourth-order valence-corrected chi connectivity index (χ4v) is 1.61. The first-order valence-electron chi connectivity index (χ1n) is 5.36. The van der Waals surface area contributed by atoms with Crippen molar-refractivity contribution in [1.29, 1.82) is 0 Å². The number of nitrogens with zero attached hydrogens (tertiary/aromatic N) is 4. The summed E-state index contributed by atoms with van der Waals surface area (Å²) in [5.74, 6) is 3.07. The van der Waals surface area contributed by atoms with Crippen LogP contribution in [-0.4, -0.2) is 19.7 Å². The molecule has 0 bridgehead atoms. The van der Waals surface area contributed by atoms with Crippen molar-refractivity contribution in [2.75, 3.05) is 5.73 Å². The maximum Gasteiger partial charge on any atom is 0.208 e. The predicted octanol–water partition coefficient (Wildman–Crippen LogP) is 1.44. The van der Waals surface area contributed by atoms with Gasteiger partial charge in [0.2, 0.25) is 5.82 Å². The number of nitrogen functional groups attached to an aromatic ring is 1. The van der Waals surface area contributed by atoms with Gasteiger partial charge in [-0.05, 0) is 11.3 Å². The number of aromatic nitrogens is 4. The molecule has 0 aromatic carbocycles. The summed E-state index contributed by atoms with van der Waals surface area (Å²) in [5, 5.41) is 5.03. The van der Waals surface area contributed by atoms with E-state index in [0.717, 1.165) is 11.9 Å². The van der Waals surface area contributed by atoms with Gasteiger partial charge in [0.25, 0.3) is 0 Å². The second-order valence-electron chi connectivity index (χ2n) is 5.18. The highest BCUT2D eigenvalue weighted by Gasteiger charge is 2.16. The summed E-state index contributed by atoms with van der Waals surface area (Å²) in [5.41, 5.74) is 6.61. The second-order valence-corrected chi connectivity index (χ2v) is 5.18. The van der Waals surface area contributed by atoms with Crippen molar-refractivity contribution in [2.24, 2.45) is 5.41 Å². The van der Waals surface area contributed by atoms with Crippen LogP contribution in [0, 0.1) is 17.8 Å². The summed E-state index contributed by atoms with van der Waals surface area (Å²) in [6.45, 7) is 7.14. The van der Waals surface area contributed by atoms with Gasteiger partial charge >= 0.3 is 0 Å². The first kappa shape index (κ1) is 11.4. The quantitative estimate of drug-likeness (QED) is 0.751. The van der Waals surface area contributed by atoms with Crippen LogP contribution in [0.2, 0.25) is 0 Å². The van der Waals surface area contributed by atoms with E-state index in [1.807, 2.05) is 4.68 Å². The van der Waals surface area contributed by atoms with Crippen LogP contribution in [0.3, 0.4) is 0 Å². The Hall–Kier alpha value is -2.09. The summed E-state index contributed by atoms with van der Waals surface area (Å²) < 4.78 is 1.81. The maximum absolute atomic E-state index is 5.81. The van der Waals surface area contributed by atoms with Crippen LogP contribution >= 0.6 is 0 Å². The van der Waals surface area contributed by atoms with Gasteiger partial charge in [0.1, 0.15) is 5.82 Å². The lowest BCUT2D eigenvalue weighted by Gasteiger charge is -2.18. The summed E-state index contributed by atoms with van der Waals surface area (Å²) in [6, 6.07) is 0. The largest absolute Gasteiger partial charge is 0.383 e. The molecule has 88 valence electrons. The number of hydrogen-bond donors (Lipinski definition) is 1. The van der Waals surface area contributed by atoms with E-state index in [2.05, 4.69) is 41.8 Å². The molecule has 5 heteroatoms. The first-order valence-corrected chi connectivity index (χ1v) is 5.36. The predicted molar refractivity (Wildman–Crippen MR) is 67.1 cm³/mol. The van der Waals surface area contributed by atoms with Crippen molar-refractivity contribution in [3.05, 3.63) is 12.0 Å². The third-order valence-corrected chi connectivity index (χ3v) is 2.28. The molecule has 0 fully saturated rings. The molecule has 2 rings (SSSR count). The molecular formula is C12H15N5. The molecule has 0 amide bonds. The number of fused-ring (bicyclic) bond motifs is 1. The van der Waals surface area contributed by atoms with Crippen LogP contribution in [0.4, 0.5) is 5.82 Å². The van der Waals surface area contributed by atoms with Gasteiger partial charge in [-0.15, -0.1) is 6.42 Å². The van der Waals surface area contributed by atoms with Gasteiger partial charge in [0.15, 0.2) is 5.65 Å². The Kier molecular flexibility index (Phi) is 2.50. The van der Waals surface area contributed by atoms with Gasteiger partial charge in [0.05, 0.1) is 11.6 Å². The Morgan fingerprint density at radius 3 is 2.71 bits per heavy atom. The third kappa shape index (κ3) is 2.21. The molecule has 0 saturated carbocycles. The van der Waals surface area contributed by atoms with Crippen LogP contribution < -0.4 is 5.73 Å². The third-order valence-electron chi connectivity index (χ3n) is 2.28. The van der Waals surface area contributed by atoms with Crippen molar-refractivity contribution in [2.45, 2.75) is 27.3 Å². The summed E-state index contributed by atoms with van der Waals surface area (Å²) in [6.07, 6.45) is 6.97. The Balaban J connectivity index is 2.60. The van der Waals surface area contributed by atoms with Gasteiger partial charge < -0.3 is 5.73 Å². The molecule has 0 spiro atoms. The lowest BCUT2D eigenvalue weighted by Crippen LogP contribution is -2.17. The van der Waals surface area contributed by atoms with E-state index in [4.69, 9.17) is 12.2 Å². The molecule has 0 atom stereocenters. The number of terminal acetylenes is 1. The topological polar surface area (TPSA) is 69.6 Å². The SMILES string of the molecule is C#Cc1nc(N)c2cnn(CC(C)(C)C)c2n1. The molecule has 0 aliphatic carbocycles. The highest BCUT2D eigenvalue weighted by molar-refractivity contribution is 5.85. The maximum atomic E-state index is 5.81. The second kappa shape index (κ2) is 3.74. The molecule has 2 aromatic rings. The van der Waals surface area contributed by atoms with Gasteiger partial charge in [0, 0.05) is 6.54 Å². The lowest BCUT2D eigenvalue weighted by molar-refractivity contribution is 0.330. The molecule has 17 heavy (non-hydrogen) atoms.